The van der Waals surface area contributed by atoms with Crippen molar-refractivity contribution in [3.63, 3.8) is 0 Å². The molecule has 1 saturated heterocycles. The van der Waals surface area contributed by atoms with Gasteiger partial charge in [-0.05, 0) is 6.07 Å². The van der Waals surface area contributed by atoms with Crippen molar-refractivity contribution in [3.8, 4) is 0 Å². The first-order chi connectivity index (χ1) is 8.60. The van der Waals surface area contributed by atoms with Crippen molar-refractivity contribution in [1.29, 1.82) is 0 Å². The zero-order valence-corrected chi connectivity index (χ0v) is 9.32. The molecule has 9 nitrogen and oxygen atoms in total. The van der Waals surface area contributed by atoms with Crippen LogP contribution >= 0.6 is 0 Å². The van der Waals surface area contributed by atoms with Gasteiger partial charge in [0.05, 0.1) is 17.2 Å². The molecule has 1 aromatic heterocycles. The minimum absolute atomic E-state index is 0.0547. The minimum atomic E-state index is -0.606. The van der Waals surface area contributed by atoms with Crippen molar-refractivity contribution in [2.24, 2.45) is 5.10 Å². The lowest BCUT2D eigenvalue weighted by Crippen LogP contribution is -2.24. The van der Waals surface area contributed by atoms with Crippen molar-refractivity contribution in [3.05, 3.63) is 22.8 Å². The first-order valence-corrected chi connectivity index (χ1v) is 4.86. The Kier molecular flexibility index (Phi) is 3.04. The van der Waals surface area contributed by atoms with Gasteiger partial charge in [-0.2, -0.15) is 5.10 Å². The van der Waals surface area contributed by atoms with Gasteiger partial charge in [0, 0.05) is 0 Å². The van der Waals surface area contributed by atoms with Crippen molar-refractivity contribution in [1.82, 2.24) is 10.3 Å². The molecule has 3 amide bonds. The number of carbonyl (C=O) groups excluding carboxylic acids is 2. The van der Waals surface area contributed by atoms with Gasteiger partial charge >= 0.3 is 11.9 Å². The highest BCUT2D eigenvalue weighted by Crippen LogP contribution is 2.15. The molecule has 1 aromatic rings. The van der Waals surface area contributed by atoms with E-state index in [4.69, 9.17) is 4.42 Å². The van der Waals surface area contributed by atoms with Gasteiger partial charge in [-0.1, -0.05) is 0 Å². The van der Waals surface area contributed by atoms with Gasteiger partial charge in [0.1, 0.15) is 6.54 Å². The molecule has 2 rings (SSSR count). The maximum atomic E-state index is 11.1. The Bertz CT molecular complexity index is 535. The van der Waals surface area contributed by atoms with Crippen molar-refractivity contribution >= 4 is 24.0 Å². The van der Waals surface area contributed by atoms with Crippen LogP contribution in [0.1, 0.15) is 5.76 Å². The third kappa shape index (κ3) is 2.34. The molecule has 0 aromatic carbocycles. The van der Waals surface area contributed by atoms with Crippen molar-refractivity contribution in [2.75, 3.05) is 13.7 Å². The number of carbonyl (C=O) groups is 2. The summed E-state index contributed by atoms with van der Waals surface area (Å²) in [4.78, 5) is 37.6. The van der Waals surface area contributed by atoms with E-state index < -0.39 is 11.9 Å². The molecule has 1 N–H and O–H groups in total. The van der Waals surface area contributed by atoms with E-state index in [1.165, 1.54) is 25.5 Å². The summed E-state index contributed by atoms with van der Waals surface area (Å²) in [5.41, 5.74) is 0. The Balaban J connectivity index is 2.05. The highest BCUT2D eigenvalue weighted by molar-refractivity contribution is 6.02. The first-order valence-electron chi connectivity index (χ1n) is 4.86. The van der Waals surface area contributed by atoms with Crippen LogP contribution in [0, 0.1) is 4.91 Å². The summed E-state index contributed by atoms with van der Waals surface area (Å²) >= 11 is 0. The Labute approximate surface area is 101 Å². The number of nitrogens with zero attached hydrogens (tertiary/aromatic N) is 3. The standard InChI is InChI=1S/C9H8N4O5/c1-17-13(16)8-3-2-6(18-8)4-10-12-5-7(14)11-9(12)15/h2-4H,5H2,1H3/p+1/b10-4-. The molecule has 0 saturated carbocycles. The van der Waals surface area contributed by atoms with Gasteiger partial charge in [-0.25, -0.2) is 14.6 Å². The molecule has 0 spiro atoms. The quantitative estimate of drug-likeness (QED) is 0.466. The summed E-state index contributed by atoms with van der Waals surface area (Å²) in [7, 11) is 1.20. The van der Waals surface area contributed by atoms with E-state index in [0.717, 1.165) is 5.01 Å². The highest BCUT2D eigenvalue weighted by Gasteiger charge is 2.26. The fraction of sp³-hybridized carbons (Fsp3) is 0.222. The third-order valence-electron chi connectivity index (χ3n) is 2.06. The molecule has 1 fully saturated rings. The molecular formula is C9H9N4O5+. The van der Waals surface area contributed by atoms with Gasteiger partial charge in [-0.15, -0.1) is 0 Å². The summed E-state index contributed by atoms with van der Waals surface area (Å²) in [6.45, 7) is -0.144. The molecule has 0 bridgehead atoms. The molecular weight excluding hydrogens is 244 g/mol. The number of amides is 3. The molecule has 0 radical (unpaired) electrons. The number of nitrogens with one attached hydrogen (secondary N) is 1. The van der Waals surface area contributed by atoms with Crippen LogP contribution in [0.15, 0.2) is 21.7 Å². The maximum Gasteiger partial charge on any atom is 0.480 e. The molecule has 94 valence electrons. The van der Waals surface area contributed by atoms with E-state index in [2.05, 4.69) is 15.3 Å². The molecule has 0 unspecified atom stereocenters. The van der Waals surface area contributed by atoms with E-state index in [-0.39, 0.29) is 23.1 Å². The topological polar surface area (TPSA) is 104 Å². The molecule has 0 atom stereocenters. The lowest BCUT2D eigenvalue weighted by molar-refractivity contribution is -0.744. The molecule has 9 heteroatoms. The number of furan rings is 1. The lowest BCUT2D eigenvalue weighted by Gasteiger charge is -2.02. The van der Waals surface area contributed by atoms with Crippen LogP contribution in [0.3, 0.4) is 0 Å². The zero-order chi connectivity index (χ0) is 13.1. The van der Waals surface area contributed by atoms with E-state index >= 15 is 0 Å². The minimum Gasteiger partial charge on any atom is -0.397 e. The van der Waals surface area contributed by atoms with Crippen molar-refractivity contribution < 1.29 is 23.8 Å². The highest BCUT2D eigenvalue weighted by atomic mass is 16.8. The second-order valence-corrected chi connectivity index (χ2v) is 3.27. The third-order valence-corrected chi connectivity index (χ3v) is 2.06. The lowest BCUT2D eigenvalue weighted by atomic mass is 10.5. The van der Waals surface area contributed by atoms with Crippen LogP contribution in [-0.2, 0) is 9.63 Å². The van der Waals surface area contributed by atoms with E-state index in [1.54, 1.807) is 0 Å². The number of hydrogen-bond acceptors (Lipinski definition) is 6. The monoisotopic (exact) mass is 253 g/mol. The largest absolute Gasteiger partial charge is 0.480 e. The Hall–Kier alpha value is -2.71. The van der Waals surface area contributed by atoms with Gasteiger partial charge in [0.2, 0.25) is 5.91 Å². The summed E-state index contributed by atoms with van der Waals surface area (Å²) in [6, 6.07) is 2.25. The van der Waals surface area contributed by atoms with Gasteiger partial charge in [0.25, 0.3) is 4.92 Å². The molecule has 1 aliphatic rings. The molecule has 1 aliphatic heterocycles. The van der Waals surface area contributed by atoms with E-state index in [0.29, 0.717) is 0 Å². The van der Waals surface area contributed by atoms with Gasteiger partial charge in [0.15, 0.2) is 12.9 Å². The van der Waals surface area contributed by atoms with Crippen LogP contribution in [-0.4, -0.2) is 41.7 Å². The van der Waals surface area contributed by atoms with E-state index in [1.807, 2.05) is 0 Å². The number of hydrazone groups is 1. The number of urea groups is 1. The number of imide groups is 1. The van der Waals surface area contributed by atoms with Crippen LogP contribution in [0.25, 0.3) is 0 Å². The predicted octanol–water partition coefficient (Wildman–Crippen LogP) is 0.137. The summed E-state index contributed by atoms with van der Waals surface area (Å²) in [6.07, 6.45) is 1.21. The average molecular weight is 253 g/mol. The normalized spacial score (nSPS) is 15.3. The summed E-state index contributed by atoms with van der Waals surface area (Å²) in [5.74, 6) is -0.238. The van der Waals surface area contributed by atoms with E-state index in [9.17, 15) is 14.5 Å². The molecule has 0 aliphatic carbocycles. The Morgan fingerprint density at radius 2 is 2.33 bits per heavy atom. The SMILES string of the molecule is CO[N+](=O)c1ccc(/C=N\N2CC(=O)NC2=O)o1. The predicted molar refractivity (Wildman–Crippen MR) is 56.8 cm³/mol. The van der Waals surface area contributed by atoms with Gasteiger partial charge < -0.3 is 4.42 Å². The summed E-state index contributed by atoms with van der Waals surface area (Å²) < 4.78 is 5.05. The maximum absolute atomic E-state index is 11.1. The fourth-order valence-corrected chi connectivity index (χ4v) is 1.25. The Morgan fingerprint density at radius 3 is 2.94 bits per heavy atom. The average Bonchev–Trinajstić information content (AvgIpc) is 2.92. The second kappa shape index (κ2) is 4.65. The van der Waals surface area contributed by atoms with Crippen LogP contribution < -0.4 is 5.32 Å². The number of rotatable bonds is 4. The second-order valence-electron chi connectivity index (χ2n) is 3.27. The molecule has 2 heterocycles. The number of hydrogen-bond donors (Lipinski definition) is 1. The van der Waals surface area contributed by atoms with Crippen LogP contribution in [0.2, 0.25) is 0 Å². The zero-order valence-electron chi connectivity index (χ0n) is 9.32. The molecule has 18 heavy (non-hydrogen) atoms. The fourth-order valence-electron chi connectivity index (χ4n) is 1.25. The van der Waals surface area contributed by atoms with Crippen LogP contribution in [0.5, 0.6) is 0 Å². The Morgan fingerprint density at radius 1 is 1.56 bits per heavy atom. The smallest absolute Gasteiger partial charge is 0.397 e. The summed E-state index contributed by atoms with van der Waals surface area (Å²) in [5, 5.41) is 6.75. The van der Waals surface area contributed by atoms with Gasteiger partial charge in [-0.3, -0.25) is 10.1 Å². The first kappa shape index (κ1) is 11.8. The van der Waals surface area contributed by atoms with Crippen molar-refractivity contribution in [2.45, 2.75) is 0 Å². The van der Waals surface area contributed by atoms with Crippen LogP contribution in [0.4, 0.5) is 10.7 Å².